The minimum absolute atomic E-state index is 0.0296. The van der Waals surface area contributed by atoms with Gasteiger partial charge >= 0.3 is 0 Å². The van der Waals surface area contributed by atoms with Crippen LogP contribution in [0.2, 0.25) is 0 Å². The lowest BCUT2D eigenvalue weighted by Gasteiger charge is -2.64. The fourth-order valence-corrected chi connectivity index (χ4v) is 14.4. The summed E-state index contributed by atoms with van der Waals surface area (Å²) >= 11 is 0. The van der Waals surface area contributed by atoms with Crippen molar-refractivity contribution >= 4 is 5.91 Å². The molecular formula is C40H66N2O8. The maximum absolute atomic E-state index is 13.2. The first-order valence-electron chi connectivity index (χ1n) is 20.1. The van der Waals surface area contributed by atoms with E-state index >= 15 is 0 Å². The van der Waals surface area contributed by atoms with Gasteiger partial charge in [-0.05, 0) is 111 Å². The first-order valence-corrected chi connectivity index (χ1v) is 20.1. The van der Waals surface area contributed by atoms with Crippen molar-refractivity contribution in [1.29, 1.82) is 0 Å². The van der Waals surface area contributed by atoms with E-state index in [9.17, 15) is 20.1 Å². The van der Waals surface area contributed by atoms with Gasteiger partial charge in [0.1, 0.15) is 6.10 Å². The Balaban J connectivity index is 0.974. The second kappa shape index (κ2) is 12.1. The van der Waals surface area contributed by atoms with E-state index in [0.717, 1.165) is 45.2 Å². The number of hydrogen-bond donors (Lipinski definition) is 3. The normalized spacial score (nSPS) is 50.7. The van der Waals surface area contributed by atoms with E-state index in [1.54, 1.807) is 13.8 Å². The van der Waals surface area contributed by atoms with Gasteiger partial charge in [0.05, 0.1) is 62.9 Å². The molecule has 2 spiro atoms. The molecule has 1 amide bonds. The summed E-state index contributed by atoms with van der Waals surface area (Å²) in [6.07, 6.45) is 5.94. The molecule has 0 aromatic rings. The number of carbonyl (C=O) groups excluding carboxylic acids is 1. The van der Waals surface area contributed by atoms with Crippen molar-refractivity contribution in [2.45, 2.75) is 142 Å². The molecule has 10 nitrogen and oxygen atoms in total. The number of fused-ring (bicyclic) bond motifs is 4. The second-order valence-electron chi connectivity index (χ2n) is 19.8. The minimum Gasteiger partial charge on any atom is -0.390 e. The van der Waals surface area contributed by atoms with Gasteiger partial charge in [0.15, 0.2) is 6.29 Å². The highest BCUT2D eigenvalue weighted by atomic mass is 16.7. The van der Waals surface area contributed by atoms with E-state index in [1.807, 2.05) is 4.90 Å². The van der Waals surface area contributed by atoms with E-state index in [4.69, 9.17) is 18.9 Å². The third kappa shape index (κ3) is 5.04. The smallest absolute Gasteiger partial charge is 0.237 e. The summed E-state index contributed by atoms with van der Waals surface area (Å²) in [5.41, 5.74) is -1.10. The van der Waals surface area contributed by atoms with Gasteiger partial charge in [-0.1, -0.05) is 34.6 Å². The van der Waals surface area contributed by atoms with Crippen LogP contribution in [0.3, 0.4) is 0 Å². The molecule has 0 bridgehead atoms. The van der Waals surface area contributed by atoms with E-state index < -0.39 is 30.2 Å². The van der Waals surface area contributed by atoms with Crippen LogP contribution < -0.4 is 0 Å². The molecule has 8 unspecified atom stereocenters. The number of carbonyl (C=O) groups is 1. The Hall–Kier alpha value is -0.850. The monoisotopic (exact) mass is 702 g/mol. The summed E-state index contributed by atoms with van der Waals surface area (Å²) in [5.74, 6) is 1.64. The number of aliphatic hydroxyl groups is 3. The summed E-state index contributed by atoms with van der Waals surface area (Å²) in [7, 11) is 0. The fraction of sp³-hybridized carbons (Fsp3) is 0.975. The molecule has 8 fully saturated rings. The third-order valence-electron chi connectivity index (χ3n) is 17.0. The zero-order valence-electron chi connectivity index (χ0n) is 31.9. The Bertz CT molecular complexity index is 1320. The molecule has 5 aliphatic carbocycles. The molecule has 10 heteroatoms. The summed E-state index contributed by atoms with van der Waals surface area (Å²) < 4.78 is 25.2. The molecule has 3 N–H and O–H groups in total. The van der Waals surface area contributed by atoms with Crippen LogP contribution in [0, 0.1) is 50.7 Å². The van der Waals surface area contributed by atoms with Gasteiger partial charge in [0.2, 0.25) is 5.91 Å². The number of morpholine rings is 2. The zero-order valence-corrected chi connectivity index (χ0v) is 31.9. The summed E-state index contributed by atoms with van der Waals surface area (Å²) in [4.78, 5) is 17.3. The summed E-state index contributed by atoms with van der Waals surface area (Å²) in [5, 5.41) is 34.2. The molecule has 50 heavy (non-hydrogen) atoms. The van der Waals surface area contributed by atoms with Gasteiger partial charge in [-0.2, -0.15) is 0 Å². The third-order valence-corrected chi connectivity index (χ3v) is 17.0. The van der Waals surface area contributed by atoms with Crippen LogP contribution >= 0.6 is 0 Å². The maximum Gasteiger partial charge on any atom is 0.237 e. The number of nitrogens with zero attached hydrogens (tertiary/aromatic N) is 2. The number of amides is 1. The van der Waals surface area contributed by atoms with E-state index in [1.165, 1.54) is 12.8 Å². The zero-order chi connectivity index (χ0) is 35.6. The molecule has 3 saturated heterocycles. The van der Waals surface area contributed by atoms with Gasteiger partial charge in [-0.15, -0.1) is 0 Å². The Morgan fingerprint density at radius 1 is 0.980 bits per heavy atom. The number of hydrogen-bond acceptors (Lipinski definition) is 9. The molecular weight excluding hydrogens is 636 g/mol. The molecule has 14 atom stereocenters. The van der Waals surface area contributed by atoms with Crippen molar-refractivity contribution in [3.63, 3.8) is 0 Å². The first kappa shape index (κ1) is 36.1. The molecule has 5 saturated carbocycles. The summed E-state index contributed by atoms with van der Waals surface area (Å²) in [6, 6.07) is 0. The molecule has 0 aromatic heterocycles. The number of ether oxygens (including phenoxy) is 4. The molecule has 0 radical (unpaired) electrons. The quantitative estimate of drug-likeness (QED) is 0.380. The van der Waals surface area contributed by atoms with Crippen molar-refractivity contribution in [3.05, 3.63) is 0 Å². The first-order chi connectivity index (χ1) is 23.5. The van der Waals surface area contributed by atoms with Crippen LogP contribution in [-0.2, 0) is 23.7 Å². The van der Waals surface area contributed by atoms with Gasteiger partial charge in [0, 0.05) is 25.0 Å². The van der Waals surface area contributed by atoms with Crippen LogP contribution in [0.4, 0.5) is 0 Å². The topological polar surface area (TPSA) is 121 Å². The van der Waals surface area contributed by atoms with Crippen LogP contribution in [0.5, 0.6) is 0 Å². The highest BCUT2D eigenvalue weighted by Crippen LogP contribution is 2.89. The summed E-state index contributed by atoms with van der Waals surface area (Å²) in [6.45, 7) is 20.3. The Morgan fingerprint density at radius 2 is 1.68 bits per heavy atom. The molecule has 3 heterocycles. The number of rotatable bonds is 6. The van der Waals surface area contributed by atoms with Crippen LogP contribution in [-0.4, -0.2) is 126 Å². The lowest BCUT2D eigenvalue weighted by Crippen LogP contribution is -2.60. The highest BCUT2D eigenvalue weighted by molar-refractivity contribution is 5.78. The fourth-order valence-electron chi connectivity index (χ4n) is 14.4. The average Bonchev–Trinajstić information content (AvgIpc) is 3.70. The molecule has 284 valence electrons. The molecule has 3 aliphatic heterocycles. The lowest BCUT2D eigenvalue weighted by atomic mass is 9.41. The SMILES string of the molecule is C[C@@H]1CC(C(O)C(C)(C)O)OC2[C@H]1C1(C)CCC34CC35CCC(O[C@H]3CN(C(=O)CN6CCOCC6)CCO3)C(C)(C)[C@@H]5CCC4[C@]1(C)[C@H]2O. The molecule has 0 aromatic carbocycles. The average molecular weight is 703 g/mol. The largest absolute Gasteiger partial charge is 0.390 e. The maximum atomic E-state index is 13.2. The van der Waals surface area contributed by atoms with Crippen molar-refractivity contribution in [3.8, 4) is 0 Å². The molecule has 8 rings (SSSR count). The molecule has 8 aliphatic rings. The van der Waals surface area contributed by atoms with E-state index in [-0.39, 0.29) is 57.0 Å². The number of aliphatic hydroxyl groups excluding tert-OH is 2. The van der Waals surface area contributed by atoms with E-state index in [2.05, 4.69) is 39.5 Å². The predicted molar refractivity (Wildman–Crippen MR) is 187 cm³/mol. The highest BCUT2D eigenvalue weighted by Gasteiger charge is 2.84. The Labute approximate surface area is 299 Å². The van der Waals surface area contributed by atoms with Crippen molar-refractivity contribution in [2.75, 3.05) is 52.5 Å². The Morgan fingerprint density at radius 3 is 2.40 bits per heavy atom. The van der Waals surface area contributed by atoms with Crippen molar-refractivity contribution in [2.24, 2.45) is 50.7 Å². The second-order valence-corrected chi connectivity index (χ2v) is 19.8. The lowest BCUT2D eigenvalue weighted by molar-refractivity contribution is -0.248. The van der Waals surface area contributed by atoms with E-state index in [0.29, 0.717) is 57.7 Å². The Kier molecular flexibility index (Phi) is 8.73. The van der Waals surface area contributed by atoms with Crippen LogP contribution in [0.15, 0.2) is 0 Å². The van der Waals surface area contributed by atoms with Crippen molar-refractivity contribution in [1.82, 2.24) is 9.80 Å². The van der Waals surface area contributed by atoms with Gasteiger partial charge in [0.25, 0.3) is 0 Å². The van der Waals surface area contributed by atoms with Crippen LogP contribution in [0.1, 0.15) is 99.8 Å². The van der Waals surface area contributed by atoms with Gasteiger partial charge in [-0.3, -0.25) is 9.69 Å². The van der Waals surface area contributed by atoms with Crippen LogP contribution in [0.25, 0.3) is 0 Å². The van der Waals surface area contributed by atoms with Crippen molar-refractivity contribution < 1.29 is 39.1 Å². The minimum atomic E-state index is -1.26. The van der Waals surface area contributed by atoms with Gasteiger partial charge in [-0.25, -0.2) is 0 Å². The predicted octanol–water partition coefficient (Wildman–Crippen LogP) is 3.83. The standard InChI is InChI=1S/C40H66N2O8/c1-24-20-25(33(44)36(4,5)46)49-32-31(24)37(6)12-13-40-23-39(40)11-10-28(35(2,3)26(39)8-9-27(40)38(37,7)34(32)45)50-30-22-42(16-19-48-30)29(43)21-41-14-17-47-18-15-41/h24-28,30-34,44-46H,8-23H2,1-7H3/t24-,25?,26+,27?,28?,30+,31+,32?,33?,34+,37?,38-,39?,40?/m1/s1. The van der Waals surface area contributed by atoms with Gasteiger partial charge < -0.3 is 39.2 Å².